The van der Waals surface area contributed by atoms with Gasteiger partial charge in [-0.3, -0.25) is 0 Å². The molecule has 1 fully saturated rings. The van der Waals surface area contributed by atoms with E-state index < -0.39 is 6.29 Å². The molecule has 3 atom stereocenters. The van der Waals surface area contributed by atoms with Crippen LogP contribution in [0.5, 0.6) is 0 Å². The molecule has 0 bridgehead atoms. The maximum absolute atomic E-state index is 9.04. The van der Waals surface area contributed by atoms with E-state index in [0.29, 0.717) is 0 Å². The summed E-state index contributed by atoms with van der Waals surface area (Å²) in [7, 11) is 1.70. The predicted molar refractivity (Wildman–Crippen MR) is 45.8 cm³/mol. The van der Waals surface area contributed by atoms with Gasteiger partial charge >= 0.3 is 0 Å². The highest BCUT2D eigenvalue weighted by atomic mass is 16.6. The third-order valence-electron chi connectivity index (χ3n) is 2.32. The number of ether oxygens (including phenoxy) is 2. The first-order chi connectivity index (χ1) is 5.74. The van der Waals surface area contributed by atoms with Gasteiger partial charge < -0.3 is 14.6 Å². The zero-order valence-electron chi connectivity index (χ0n) is 7.82. The molecule has 1 N–H and O–H groups in total. The van der Waals surface area contributed by atoms with Gasteiger partial charge in [0.15, 0.2) is 6.29 Å². The molecule has 0 radical (unpaired) electrons. The molecule has 1 rings (SSSR count). The zero-order valence-corrected chi connectivity index (χ0v) is 7.82. The second-order valence-corrected chi connectivity index (χ2v) is 3.33. The van der Waals surface area contributed by atoms with Crippen molar-refractivity contribution < 1.29 is 14.6 Å². The van der Waals surface area contributed by atoms with E-state index in [0.717, 1.165) is 12.8 Å². The Kier molecular flexibility index (Phi) is 3.98. The first-order valence-electron chi connectivity index (χ1n) is 4.60. The van der Waals surface area contributed by atoms with Crippen molar-refractivity contribution in [3.63, 3.8) is 0 Å². The number of aliphatic hydroxyl groups is 1. The zero-order chi connectivity index (χ0) is 8.97. The van der Waals surface area contributed by atoms with Gasteiger partial charge in [0.2, 0.25) is 0 Å². The molecule has 1 aliphatic carbocycles. The Morgan fingerprint density at radius 3 is 2.33 bits per heavy atom. The van der Waals surface area contributed by atoms with E-state index in [2.05, 4.69) is 0 Å². The van der Waals surface area contributed by atoms with Crippen LogP contribution >= 0.6 is 0 Å². The monoisotopic (exact) mass is 174 g/mol. The summed E-state index contributed by atoms with van der Waals surface area (Å²) in [5, 5.41) is 9.04. The topological polar surface area (TPSA) is 38.7 Å². The number of hydrogen-bond acceptors (Lipinski definition) is 3. The smallest absolute Gasteiger partial charge is 0.152 e. The Balaban J connectivity index is 2.36. The van der Waals surface area contributed by atoms with E-state index in [9.17, 15) is 0 Å². The predicted octanol–water partition coefficient (Wildman–Crippen LogP) is 1.30. The molecule has 0 aromatic heterocycles. The van der Waals surface area contributed by atoms with Crippen LogP contribution in [0.25, 0.3) is 0 Å². The van der Waals surface area contributed by atoms with E-state index in [1.165, 1.54) is 12.8 Å². The van der Waals surface area contributed by atoms with Crippen LogP contribution in [0.15, 0.2) is 0 Å². The molecule has 0 spiro atoms. The van der Waals surface area contributed by atoms with Crippen LogP contribution in [0.1, 0.15) is 32.6 Å². The van der Waals surface area contributed by atoms with Crippen molar-refractivity contribution in [2.24, 2.45) is 0 Å². The van der Waals surface area contributed by atoms with Crippen LogP contribution in [-0.4, -0.2) is 30.7 Å². The molecule has 3 heteroatoms. The second kappa shape index (κ2) is 4.80. The highest BCUT2D eigenvalue weighted by molar-refractivity contribution is 4.76. The van der Waals surface area contributed by atoms with Gasteiger partial charge in [0.1, 0.15) is 0 Å². The fraction of sp³-hybridized carbons (Fsp3) is 1.00. The largest absolute Gasteiger partial charge is 0.379 e. The molecule has 0 aliphatic heterocycles. The molecule has 3 nitrogen and oxygen atoms in total. The summed E-state index contributed by atoms with van der Waals surface area (Å²) in [5.41, 5.74) is 0. The number of rotatable bonds is 3. The van der Waals surface area contributed by atoms with Gasteiger partial charge in [-0.1, -0.05) is 12.8 Å². The van der Waals surface area contributed by atoms with E-state index in [-0.39, 0.29) is 12.2 Å². The second-order valence-electron chi connectivity index (χ2n) is 3.33. The molecule has 0 heterocycles. The molecule has 1 saturated carbocycles. The van der Waals surface area contributed by atoms with E-state index >= 15 is 0 Å². The molecule has 0 aromatic rings. The first kappa shape index (κ1) is 9.96. The van der Waals surface area contributed by atoms with Gasteiger partial charge in [0, 0.05) is 7.11 Å². The Bertz CT molecular complexity index is 125. The summed E-state index contributed by atoms with van der Waals surface area (Å²) in [6.45, 7) is 1.64. The van der Waals surface area contributed by atoms with Crippen LogP contribution in [0.2, 0.25) is 0 Å². The maximum atomic E-state index is 9.04. The van der Waals surface area contributed by atoms with Crippen molar-refractivity contribution in [1.82, 2.24) is 0 Å². The lowest BCUT2D eigenvalue weighted by atomic mass is 9.94. The molecular formula is C9H18O3. The van der Waals surface area contributed by atoms with Gasteiger partial charge in [0.25, 0.3) is 0 Å². The van der Waals surface area contributed by atoms with E-state index in [1.54, 1.807) is 14.0 Å². The van der Waals surface area contributed by atoms with Crippen molar-refractivity contribution >= 4 is 0 Å². The van der Waals surface area contributed by atoms with Gasteiger partial charge in [0.05, 0.1) is 12.2 Å². The average Bonchev–Trinajstić information content (AvgIpc) is 2.04. The highest BCUT2D eigenvalue weighted by Crippen LogP contribution is 2.23. The lowest BCUT2D eigenvalue weighted by molar-refractivity contribution is -0.170. The lowest BCUT2D eigenvalue weighted by Crippen LogP contribution is -2.36. The SMILES string of the molecule is COC1CCCCC1OC(C)O. The van der Waals surface area contributed by atoms with Gasteiger partial charge in [-0.2, -0.15) is 0 Å². The maximum Gasteiger partial charge on any atom is 0.152 e. The van der Waals surface area contributed by atoms with Crippen molar-refractivity contribution in [3.05, 3.63) is 0 Å². The Morgan fingerprint density at radius 2 is 1.83 bits per heavy atom. The summed E-state index contributed by atoms with van der Waals surface area (Å²) < 4.78 is 10.6. The average molecular weight is 174 g/mol. The standard InChI is InChI=1S/C9H18O3/c1-7(10)12-9-6-4-3-5-8(9)11-2/h7-10H,3-6H2,1-2H3. The van der Waals surface area contributed by atoms with Crippen LogP contribution in [0.4, 0.5) is 0 Å². The van der Waals surface area contributed by atoms with Gasteiger partial charge in [-0.25, -0.2) is 0 Å². The van der Waals surface area contributed by atoms with Gasteiger partial charge in [-0.05, 0) is 19.8 Å². The fourth-order valence-corrected chi connectivity index (χ4v) is 1.74. The minimum Gasteiger partial charge on any atom is -0.379 e. The fourth-order valence-electron chi connectivity index (χ4n) is 1.74. The minimum atomic E-state index is -0.675. The van der Waals surface area contributed by atoms with Crippen molar-refractivity contribution in [2.75, 3.05) is 7.11 Å². The van der Waals surface area contributed by atoms with E-state index in [4.69, 9.17) is 14.6 Å². The molecule has 12 heavy (non-hydrogen) atoms. The summed E-state index contributed by atoms with van der Waals surface area (Å²) in [5.74, 6) is 0. The van der Waals surface area contributed by atoms with Crippen molar-refractivity contribution in [1.29, 1.82) is 0 Å². The minimum absolute atomic E-state index is 0.0868. The Morgan fingerprint density at radius 1 is 1.25 bits per heavy atom. The lowest BCUT2D eigenvalue weighted by Gasteiger charge is -2.31. The molecule has 0 aromatic carbocycles. The van der Waals surface area contributed by atoms with Crippen LogP contribution in [0.3, 0.4) is 0 Å². The van der Waals surface area contributed by atoms with Crippen molar-refractivity contribution in [3.8, 4) is 0 Å². The normalized spacial score (nSPS) is 33.2. The Labute approximate surface area is 73.7 Å². The summed E-state index contributed by atoms with van der Waals surface area (Å²) in [6, 6.07) is 0. The summed E-state index contributed by atoms with van der Waals surface area (Å²) in [4.78, 5) is 0. The van der Waals surface area contributed by atoms with Crippen LogP contribution in [-0.2, 0) is 9.47 Å². The molecule has 0 amide bonds. The highest BCUT2D eigenvalue weighted by Gasteiger charge is 2.26. The summed E-state index contributed by atoms with van der Waals surface area (Å²) in [6.07, 6.45) is 4.02. The third-order valence-corrected chi connectivity index (χ3v) is 2.32. The van der Waals surface area contributed by atoms with Gasteiger partial charge in [-0.15, -0.1) is 0 Å². The molecule has 0 saturated heterocycles. The number of aliphatic hydroxyl groups excluding tert-OH is 1. The van der Waals surface area contributed by atoms with Crippen molar-refractivity contribution in [2.45, 2.75) is 51.1 Å². The number of hydrogen-bond donors (Lipinski definition) is 1. The van der Waals surface area contributed by atoms with E-state index in [1.807, 2.05) is 0 Å². The summed E-state index contributed by atoms with van der Waals surface area (Å²) >= 11 is 0. The molecule has 3 unspecified atom stereocenters. The van der Waals surface area contributed by atoms with Crippen LogP contribution < -0.4 is 0 Å². The van der Waals surface area contributed by atoms with Crippen LogP contribution in [0, 0.1) is 0 Å². The molecule has 72 valence electrons. The Hall–Kier alpha value is -0.120. The molecule has 1 aliphatic rings. The molecular weight excluding hydrogens is 156 g/mol. The number of methoxy groups -OCH3 is 1. The quantitative estimate of drug-likeness (QED) is 0.655. The third kappa shape index (κ3) is 2.73. The first-order valence-corrected chi connectivity index (χ1v) is 4.60.